The van der Waals surface area contributed by atoms with Gasteiger partial charge in [0, 0.05) is 55.2 Å². The average molecular weight is 446 g/mol. The van der Waals surface area contributed by atoms with Crippen molar-refractivity contribution in [2.75, 3.05) is 36.0 Å². The van der Waals surface area contributed by atoms with Crippen molar-refractivity contribution in [1.82, 2.24) is 19.9 Å². The van der Waals surface area contributed by atoms with Crippen LogP contribution < -0.4 is 15.5 Å². The molecule has 0 aliphatic carbocycles. The molecule has 0 saturated carbocycles. The topological polar surface area (TPSA) is 101 Å². The molecule has 8 nitrogen and oxygen atoms in total. The molecule has 0 atom stereocenters. The highest BCUT2D eigenvalue weighted by molar-refractivity contribution is 7.18. The average Bonchev–Trinajstić information content (AvgIpc) is 3.12. The third kappa shape index (κ3) is 3.54. The molecular weight excluding hydrogens is 422 g/mol. The summed E-state index contributed by atoms with van der Waals surface area (Å²) >= 11 is 1.70. The van der Waals surface area contributed by atoms with Crippen LogP contribution in [0.15, 0.2) is 42.9 Å². The molecule has 0 unspecified atom stereocenters. The van der Waals surface area contributed by atoms with Crippen LogP contribution in [0.2, 0.25) is 0 Å². The number of pyridine rings is 2. The quantitative estimate of drug-likeness (QED) is 0.515. The maximum absolute atomic E-state index is 11.8. The molecule has 4 aromatic heterocycles. The molecule has 32 heavy (non-hydrogen) atoms. The van der Waals surface area contributed by atoms with Crippen LogP contribution in [-0.2, 0) is 0 Å². The number of thiophene rings is 1. The first kappa shape index (κ1) is 20.3. The van der Waals surface area contributed by atoms with E-state index in [1.807, 2.05) is 12.1 Å². The SMILES string of the molecule is Cc1sc2nc(-c3cccnc3)nc(N3CCN(c4ncccc4C(N)=O)CC3)c2c1C. The molecule has 9 heteroatoms. The Morgan fingerprint density at radius 3 is 2.41 bits per heavy atom. The van der Waals surface area contributed by atoms with Crippen molar-refractivity contribution in [3.63, 3.8) is 0 Å². The van der Waals surface area contributed by atoms with Gasteiger partial charge in [0.1, 0.15) is 16.5 Å². The summed E-state index contributed by atoms with van der Waals surface area (Å²) in [6, 6.07) is 7.34. The summed E-state index contributed by atoms with van der Waals surface area (Å²) in [5.41, 5.74) is 8.13. The Hall–Kier alpha value is -3.59. The van der Waals surface area contributed by atoms with E-state index in [0.717, 1.165) is 34.7 Å². The van der Waals surface area contributed by atoms with Crippen LogP contribution in [0.1, 0.15) is 20.8 Å². The summed E-state index contributed by atoms with van der Waals surface area (Å²) in [6.07, 6.45) is 5.24. The highest BCUT2D eigenvalue weighted by atomic mass is 32.1. The molecule has 162 valence electrons. The number of aryl methyl sites for hydroxylation is 2. The Kier molecular flexibility index (Phi) is 5.18. The minimum absolute atomic E-state index is 0.452. The number of aromatic nitrogens is 4. The second kappa shape index (κ2) is 8.16. The molecule has 0 bridgehead atoms. The number of fused-ring (bicyclic) bond motifs is 1. The Morgan fingerprint density at radius 2 is 1.72 bits per heavy atom. The standard InChI is InChI=1S/C23H23N7OS/c1-14-15(2)32-23-18(14)22(27-20(28-23)16-5-3-7-25-13-16)30-11-9-29(10-12-30)21-17(19(24)31)6-4-8-26-21/h3-8,13H,9-12H2,1-2H3,(H2,24,31). The first-order valence-corrected chi connectivity index (χ1v) is 11.3. The number of amides is 1. The largest absolute Gasteiger partial charge is 0.365 e. The predicted octanol–water partition coefficient (Wildman–Crippen LogP) is 3.19. The maximum atomic E-state index is 11.8. The number of anilines is 2. The molecule has 0 radical (unpaired) electrons. The number of hydrogen-bond acceptors (Lipinski definition) is 8. The summed E-state index contributed by atoms with van der Waals surface area (Å²) < 4.78 is 0. The van der Waals surface area contributed by atoms with Gasteiger partial charge in [-0.25, -0.2) is 15.0 Å². The Bertz CT molecular complexity index is 1300. The van der Waals surface area contributed by atoms with E-state index in [1.165, 1.54) is 10.4 Å². The fourth-order valence-corrected chi connectivity index (χ4v) is 5.08. The zero-order valence-electron chi connectivity index (χ0n) is 17.9. The van der Waals surface area contributed by atoms with Gasteiger partial charge in [0.2, 0.25) is 0 Å². The molecule has 5 heterocycles. The number of hydrogen-bond donors (Lipinski definition) is 1. The number of nitrogens with zero attached hydrogens (tertiary/aromatic N) is 6. The Balaban J connectivity index is 1.50. The molecule has 4 aromatic rings. The van der Waals surface area contributed by atoms with Gasteiger partial charge in [-0.3, -0.25) is 9.78 Å². The van der Waals surface area contributed by atoms with Crippen molar-refractivity contribution >= 4 is 39.1 Å². The van der Waals surface area contributed by atoms with E-state index in [4.69, 9.17) is 15.7 Å². The van der Waals surface area contributed by atoms with Gasteiger partial charge in [0.05, 0.1) is 10.9 Å². The first-order chi connectivity index (χ1) is 15.5. The highest BCUT2D eigenvalue weighted by Crippen LogP contribution is 2.37. The summed E-state index contributed by atoms with van der Waals surface area (Å²) in [5.74, 6) is 1.82. The van der Waals surface area contributed by atoms with Gasteiger partial charge in [-0.05, 0) is 43.7 Å². The number of carbonyl (C=O) groups excluding carboxylic acids is 1. The van der Waals surface area contributed by atoms with Gasteiger partial charge in [0.25, 0.3) is 5.91 Å². The predicted molar refractivity (Wildman–Crippen MR) is 127 cm³/mol. The van der Waals surface area contributed by atoms with Crippen LogP contribution >= 0.6 is 11.3 Å². The lowest BCUT2D eigenvalue weighted by molar-refractivity contribution is 0.100. The van der Waals surface area contributed by atoms with E-state index in [-0.39, 0.29) is 0 Å². The lowest BCUT2D eigenvalue weighted by Gasteiger charge is -2.37. The van der Waals surface area contributed by atoms with E-state index >= 15 is 0 Å². The lowest BCUT2D eigenvalue weighted by Crippen LogP contribution is -2.47. The molecule has 1 aliphatic rings. The Morgan fingerprint density at radius 1 is 1.00 bits per heavy atom. The van der Waals surface area contributed by atoms with E-state index in [2.05, 4.69) is 33.6 Å². The summed E-state index contributed by atoms with van der Waals surface area (Å²) in [7, 11) is 0. The van der Waals surface area contributed by atoms with Crippen molar-refractivity contribution in [2.45, 2.75) is 13.8 Å². The van der Waals surface area contributed by atoms with Crippen LogP contribution in [0.3, 0.4) is 0 Å². The highest BCUT2D eigenvalue weighted by Gasteiger charge is 2.26. The van der Waals surface area contributed by atoms with E-state index in [0.29, 0.717) is 30.3 Å². The summed E-state index contributed by atoms with van der Waals surface area (Å²) in [4.78, 5) is 37.0. The van der Waals surface area contributed by atoms with Gasteiger partial charge in [-0.2, -0.15) is 0 Å². The molecule has 1 aliphatic heterocycles. The number of piperazine rings is 1. The first-order valence-electron chi connectivity index (χ1n) is 10.5. The van der Waals surface area contributed by atoms with Crippen LogP contribution in [0.5, 0.6) is 0 Å². The van der Waals surface area contributed by atoms with E-state index in [9.17, 15) is 4.79 Å². The molecule has 5 rings (SSSR count). The van der Waals surface area contributed by atoms with Crippen molar-refractivity contribution < 1.29 is 4.79 Å². The zero-order valence-corrected chi connectivity index (χ0v) is 18.8. The lowest BCUT2D eigenvalue weighted by atomic mass is 10.1. The Labute approximate surface area is 189 Å². The molecule has 2 N–H and O–H groups in total. The van der Waals surface area contributed by atoms with Crippen LogP contribution in [-0.4, -0.2) is 52.0 Å². The van der Waals surface area contributed by atoms with Gasteiger partial charge in [-0.15, -0.1) is 11.3 Å². The second-order valence-electron chi connectivity index (χ2n) is 7.79. The molecule has 1 fully saturated rings. The van der Waals surface area contributed by atoms with Crippen molar-refractivity contribution in [3.8, 4) is 11.4 Å². The van der Waals surface area contributed by atoms with Crippen molar-refractivity contribution in [3.05, 3.63) is 58.9 Å². The van der Waals surface area contributed by atoms with Gasteiger partial charge < -0.3 is 15.5 Å². The van der Waals surface area contributed by atoms with Gasteiger partial charge in [-0.1, -0.05) is 0 Å². The zero-order chi connectivity index (χ0) is 22.2. The minimum Gasteiger partial charge on any atom is -0.365 e. The van der Waals surface area contributed by atoms with Crippen LogP contribution in [0, 0.1) is 13.8 Å². The van der Waals surface area contributed by atoms with Gasteiger partial charge >= 0.3 is 0 Å². The number of carbonyl (C=O) groups is 1. The summed E-state index contributed by atoms with van der Waals surface area (Å²) in [6.45, 7) is 7.19. The summed E-state index contributed by atoms with van der Waals surface area (Å²) in [5, 5.41) is 1.12. The molecule has 0 spiro atoms. The molecular formula is C23H23N7OS. The smallest absolute Gasteiger partial charge is 0.252 e. The maximum Gasteiger partial charge on any atom is 0.252 e. The third-order valence-electron chi connectivity index (χ3n) is 5.86. The van der Waals surface area contributed by atoms with Crippen LogP contribution in [0.4, 0.5) is 11.6 Å². The fourth-order valence-electron chi connectivity index (χ4n) is 4.05. The normalized spacial score (nSPS) is 14.2. The van der Waals surface area contributed by atoms with Crippen molar-refractivity contribution in [2.24, 2.45) is 5.73 Å². The third-order valence-corrected chi connectivity index (χ3v) is 6.96. The van der Waals surface area contributed by atoms with Crippen molar-refractivity contribution in [1.29, 1.82) is 0 Å². The number of nitrogens with two attached hydrogens (primary N) is 1. The van der Waals surface area contributed by atoms with Crippen LogP contribution in [0.25, 0.3) is 21.6 Å². The van der Waals surface area contributed by atoms with E-state index in [1.54, 1.807) is 42.1 Å². The molecule has 1 saturated heterocycles. The monoisotopic (exact) mass is 445 g/mol. The molecule has 1 amide bonds. The van der Waals surface area contributed by atoms with Gasteiger partial charge in [0.15, 0.2) is 5.82 Å². The second-order valence-corrected chi connectivity index (χ2v) is 8.99. The fraction of sp³-hybridized carbons (Fsp3) is 0.261. The number of primary amides is 1. The minimum atomic E-state index is -0.460. The van der Waals surface area contributed by atoms with E-state index < -0.39 is 5.91 Å². The molecule has 0 aromatic carbocycles. The number of rotatable bonds is 4.